The Hall–Kier alpha value is -1.38. The Bertz CT molecular complexity index is 608. The van der Waals surface area contributed by atoms with Gasteiger partial charge in [-0.2, -0.15) is 4.31 Å². The van der Waals surface area contributed by atoms with Crippen molar-refractivity contribution in [1.82, 2.24) is 8.87 Å². The van der Waals surface area contributed by atoms with Crippen LogP contribution in [0.2, 0.25) is 0 Å². The van der Waals surface area contributed by atoms with Gasteiger partial charge in [0.2, 0.25) is 10.0 Å². The Balaban J connectivity index is 2.23. The maximum Gasteiger partial charge on any atom is 0.265 e. The lowest BCUT2D eigenvalue weighted by atomic mass is 10.1. The SMILES string of the molecule is Cn1cc(S(=O)(=O)N2CCC(CCO)C2)cc1C(N)=O. The first-order valence-electron chi connectivity index (χ1n) is 6.43. The highest BCUT2D eigenvalue weighted by Crippen LogP contribution is 2.26. The summed E-state index contributed by atoms with van der Waals surface area (Å²) in [6.45, 7) is 0.910. The molecule has 2 heterocycles. The minimum atomic E-state index is -3.60. The van der Waals surface area contributed by atoms with Crippen molar-refractivity contribution in [2.75, 3.05) is 19.7 Å². The summed E-state index contributed by atoms with van der Waals surface area (Å²) in [5.74, 6) is -0.470. The molecule has 2 rings (SSSR count). The number of hydrogen-bond donors (Lipinski definition) is 2. The summed E-state index contributed by atoms with van der Waals surface area (Å²) in [6.07, 6.45) is 2.75. The highest BCUT2D eigenvalue weighted by molar-refractivity contribution is 7.89. The molecule has 0 spiro atoms. The maximum absolute atomic E-state index is 12.5. The average Bonchev–Trinajstić information content (AvgIpc) is 2.96. The Morgan fingerprint density at radius 2 is 2.25 bits per heavy atom. The topological polar surface area (TPSA) is 106 Å². The third-order valence-electron chi connectivity index (χ3n) is 3.66. The van der Waals surface area contributed by atoms with Crippen LogP contribution in [-0.4, -0.2) is 48.0 Å². The van der Waals surface area contributed by atoms with Crippen LogP contribution < -0.4 is 5.73 Å². The minimum absolute atomic E-state index is 0.0652. The molecule has 3 N–H and O–H groups in total. The molecule has 1 aliphatic heterocycles. The lowest BCUT2D eigenvalue weighted by molar-refractivity contribution is 0.0992. The first-order chi connectivity index (χ1) is 9.36. The summed E-state index contributed by atoms with van der Waals surface area (Å²) < 4.78 is 27.8. The van der Waals surface area contributed by atoms with Gasteiger partial charge in [0, 0.05) is 32.9 Å². The maximum atomic E-state index is 12.5. The molecule has 1 saturated heterocycles. The summed E-state index contributed by atoms with van der Waals surface area (Å²) in [7, 11) is -2.02. The van der Waals surface area contributed by atoms with Crippen molar-refractivity contribution in [3.05, 3.63) is 18.0 Å². The minimum Gasteiger partial charge on any atom is -0.396 e. The number of aryl methyl sites for hydroxylation is 1. The molecule has 0 aliphatic carbocycles. The quantitative estimate of drug-likeness (QED) is 0.766. The van der Waals surface area contributed by atoms with E-state index in [9.17, 15) is 13.2 Å². The van der Waals surface area contributed by atoms with Gasteiger partial charge in [0.1, 0.15) is 10.6 Å². The summed E-state index contributed by atoms with van der Waals surface area (Å²) in [4.78, 5) is 11.3. The van der Waals surface area contributed by atoms with E-state index >= 15 is 0 Å². The Morgan fingerprint density at radius 1 is 1.55 bits per heavy atom. The van der Waals surface area contributed by atoms with Crippen LogP contribution in [0.25, 0.3) is 0 Å². The van der Waals surface area contributed by atoms with Crippen LogP contribution in [0.15, 0.2) is 17.2 Å². The monoisotopic (exact) mass is 301 g/mol. The van der Waals surface area contributed by atoms with Crippen LogP contribution in [0.4, 0.5) is 0 Å². The number of aliphatic hydroxyl groups is 1. The normalized spacial score (nSPS) is 20.4. The number of aliphatic hydroxyl groups excluding tert-OH is 1. The number of nitrogens with two attached hydrogens (primary N) is 1. The fourth-order valence-electron chi connectivity index (χ4n) is 2.50. The fraction of sp³-hybridized carbons (Fsp3) is 0.583. The second-order valence-electron chi connectivity index (χ2n) is 5.07. The Kier molecular flexibility index (Phi) is 4.17. The number of carbonyl (C=O) groups excluding carboxylic acids is 1. The van der Waals surface area contributed by atoms with Crippen LogP contribution in [-0.2, 0) is 17.1 Å². The number of aromatic nitrogens is 1. The fourth-order valence-corrected chi connectivity index (χ4v) is 4.11. The van der Waals surface area contributed by atoms with E-state index in [1.807, 2.05) is 0 Å². The van der Waals surface area contributed by atoms with Crippen LogP contribution in [0.3, 0.4) is 0 Å². The molecule has 1 aromatic heterocycles. The van der Waals surface area contributed by atoms with Gasteiger partial charge in [-0.3, -0.25) is 4.79 Å². The van der Waals surface area contributed by atoms with Gasteiger partial charge in [-0.05, 0) is 24.8 Å². The predicted molar refractivity (Wildman–Crippen MR) is 72.5 cm³/mol. The van der Waals surface area contributed by atoms with E-state index in [4.69, 9.17) is 10.8 Å². The number of nitrogens with zero attached hydrogens (tertiary/aromatic N) is 2. The van der Waals surface area contributed by atoms with E-state index in [0.29, 0.717) is 19.5 Å². The van der Waals surface area contributed by atoms with Crippen molar-refractivity contribution in [1.29, 1.82) is 0 Å². The van der Waals surface area contributed by atoms with Crippen molar-refractivity contribution in [3.63, 3.8) is 0 Å². The van der Waals surface area contributed by atoms with E-state index in [-0.39, 0.29) is 23.1 Å². The van der Waals surface area contributed by atoms with E-state index in [1.165, 1.54) is 21.1 Å². The second-order valence-corrected chi connectivity index (χ2v) is 7.00. The van der Waals surface area contributed by atoms with Gasteiger partial charge < -0.3 is 15.4 Å². The van der Waals surface area contributed by atoms with E-state index in [1.54, 1.807) is 7.05 Å². The molecule has 112 valence electrons. The van der Waals surface area contributed by atoms with Crippen LogP contribution in [0.1, 0.15) is 23.3 Å². The zero-order valence-corrected chi connectivity index (χ0v) is 12.1. The highest BCUT2D eigenvalue weighted by atomic mass is 32.2. The van der Waals surface area contributed by atoms with Gasteiger partial charge >= 0.3 is 0 Å². The van der Waals surface area contributed by atoms with Gasteiger partial charge in [0.25, 0.3) is 5.91 Å². The molecule has 8 heteroatoms. The van der Waals surface area contributed by atoms with Gasteiger partial charge in [0.05, 0.1) is 0 Å². The van der Waals surface area contributed by atoms with Crippen molar-refractivity contribution < 1.29 is 18.3 Å². The van der Waals surface area contributed by atoms with Gasteiger partial charge in [0.15, 0.2) is 0 Å². The third-order valence-corrected chi connectivity index (χ3v) is 5.49. The number of rotatable bonds is 5. The zero-order chi connectivity index (χ0) is 14.9. The number of carbonyl (C=O) groups is 1. The molecule has 0 saturated carbocycles. The summed E-state index contributed by atoms with van der Waals surface area (Å²) in [6, 6.07) is 1.30. The molecule has 1 unspecified atom stereocenters. The standard InChI is InChI=1S/C12H19N3O4S/c1-14-8-10(6-11(14)12(13)17)20(18,19)15-4-2-9(7-15)3-5-16/h6,8-9,16H,2-5,7H2,1H3,(H2,13,17). The van der Waals surface area contributed by atoms with E-state index < -0.39 is 15.9 Å². The molecule has 1 aliphatic rings. The summed E-state index contributed by atoms with van der Waals surface area (Å²) in [5, 5.41) is 8.91. The molecule has 7 nitrogen and oxygen atoms in total. The van der Waals surface area contributed by atoms with Crippen LogP contribution in [0.5, 0.6) is 0 Å². The molecule has 0 aromatic carbocycles. The van der Waals surface area contributed by atoms with Crippen molar-refractivity contribution >= 4 is 15.9 Å². The lowest BCUT2D eigenvalue weighted by Crippen LogP contribution is -2.28. The molecule has 0 bridgehead atoms. The van der Waals surface area contributed by atoms with Crippen molar-refractivity contribution in [2.24, 2.45) is 18.7 Å². The van der Waals surface area contributed by atoms with Gasteiger partial charge in [-0.25, -0.2) is 8.42 Å². The smallest absolute Gasteiger partial charge is 0.265 e. The molecule has 1 atom stereocenters. The number of primary amides is 1. The second kappa shape index (κ2) is 5.55. The van der Waals surface area contributed by atoms with Crippen LogP contribution >= 0.6 is 0 Å². The van der Waals surface area contributed by atoms with Gasteiger partial charge in [-0.1, -0.05) is 0 Å². The molecule has 20 heavy (non-hydrogen) atoms. The number of amides is 1. The number of hydrogen-bond acceptors (Lipinski definition) is 4. The lowest BCUT2D eigenvalue weighted by Gasteiger charge is -2.15. The molecule has 1 aromatic rings. The highest BCUT2D eigenvalue weighted by Gasteiger charge is 2.33. The molecular weight excluding hydrogens is 282 g/mol. The molecule has 0 radical (unpaired) electrons. The first-order valence-corrected chi connectivity index (χ1v) is 7.87. The predicted octanol–water partition coefficient (Wildman–Crippen LogP) is -0.483. The van der Waals surface area contributed by atoms with Crippen molar-refractivity contribution in [3.8, 4) is 0 Å². The molecule has 1 amide bonds. The summed E-state index contributed by atoms with van der Waals surface area (Å²) >= 11 is 0. The third kappa shape index (κ3) is 2.72. The van der Waals surface area contributed by atoms with E-state index in [0.717, 1.165) is 6.42 Å². The Labute approximate surface area is 118 Å². The largest absolute Gasteiger partial charge is 0.396 e. The van der Waals surface area contributed by atoms with Crippen molar-refractivity contribution in [2.45, 2.75) is 17.7 Å². The van der Waals surface area contributed by atoms with E-state index in [2.05, 4.69) is 0 Å². The first kappa shape index (κ1) is 15.0. The molecule has 1 fully saturated rings. The molecular formula is C12H19N3O4S. The summed E-state index contributed by atoms with van der Waals surface area (Å²) in [5.41, 5.74) is 5.35. The van der Waals surface area contributed by atoms with Crippen LogP contribution in [0, 0.1) is 5.92 Å². The van der Waals surface area contributed by atoms with Gasteiger partial charge in [-0.15, -0.1) is 0 Å². The number of sulfonamides is 1. The zero-order valence-electron chi connectivity index (χ0n) is 11.3. The average molecular weight is 301 g/mol. The Morgan fingerprint density at radius 3 is 2.80 bits per heavy atom.